The maximum atomic E-state index is 13.4. The third-order valence-electron chi connectivity index (χ3n) is 6.86. The molecule has 0 spiro atoms. The van der Waals surface area contributed by atoms with E-state index >= 15 is 0 Å². The van der Waals surface area contributed by atoms with Crippen LogP contribution in [0.3, 0.4) is 0 Å². The highest BCUT2D eigenvalue weighted by Gasteiger charge is 2.61. The van der Waals surface area contributed by atoms with Gasteiger partial charge in [0, 0.05) is 10.7 Å². The van der Waals surface area contributed by atoms with Gasteiger partial charge in [0.1, 0.15) is 12.7 Å². The molecule has 136 valence electrons. The van der Waals surface area contributed by atoms with Crippen molar-refractivity contribution in [1.82, 2.24) is 14.8 Å². The summed E-state index contributed by atoms with van der Waals surface area (Å²) in [6.45, 7) is 2.00. The predicted molar refractivity (Wildman–Crippen MR) is 99.9 cm³/mol. The monoisotopic (exact) mass is 370 g/mol. The van der Waals surface area contributed by atoms with Crippen LogP contribution in [0.1, 0.15) is 44.1 Å². The summed E-state index contributed by atoms with van der Waals surface area (Å²) >= 11 is 6.14. The van der Waals surface area contributed by atoms with E-state index in [1.807, 2.05) is 36.1 Å². The zero-order chi connectivity index (χ0) is 17.9. The summed E-state index contributed by atoms with van der Waals surface area (Å²) in [6, 6.07) is 5.66. The van der Waals surface area contributed by atoms with Gasteiger partial charge in [0.05, 0.1) is 11.0 Å². The van der Waals surface area contributed by atoms with E-state index in [1.54, 1.807) is 6.33 Å². The van der Waals surface area contributed by atoms with Gasteiger partial charge in [-0.25, -0.2) is 9.67 Å². The molecule has 6 rings (SSSR count). The summed E-state index contributed by atoms with van der Waals surface area (Å²) in [5.41, 5.74) is 1.53. The topological polar surface area (TPSA) is 59.8 Å². The molecule has 1 amide bonds. The third-order valence-corrected chi connectivity index (χ3v) is 7.10. The fourth-order valence-electron chi connectivity index (χ4n) is 6.18. The molecular weight excluding hydrogens is 348 g/mol. The molecule has 0 aliphatic heterocycles. The second-order valence-electron chi connectivity index (χ2n) is 8.72. The highest BCUT2D eigenvalue weighted by atomic mass is 35.5. The minimum absolute atomic E-state index is 0.0404. The number of rotatable bonds is 3. The van der Waals surface area contributed by atoms with Crippen molar-refractivity contribution < 1.29 is 4.79 Å². The van der Waals surface area contributed by atoms with Gasteiger partial charge in [-0.1, -0.05) is 17.7 Å². The summed E-state index contributed by atoms with van der Waals surface area (Å²) in [4.78, 5) is 17.6. The number of anilines is 1. The van der Waals surface area contributed by atoms with Crippen LogP contribution in [0.2, 0.25) is 5.02 Å². The number of nitrogens with zero attached hydrogens (tertiary/aromatic N) is 3. The number of hydrogen-bond acceptors (Lipinski definition) is 3. The summed E-state index contributed by atoms with van der Waals surface area (Å²) in [5, 5.41) is 8.31. The number of benzene rings is 1. The van der Waals surface area contributed by atoms with E-state index in [1.165, 1.54) is 6.42 Å². The molecular formula is C20H23ClN4O. The molecule has 4 bridgehead atoms. The molecule has 2 atom stereocenters. The molecule has 1 heterocycles. The first-order valence-electron chi connectivity index (χ1n) is 9.41. The highest BCUT2D eigenvalue weighted by molar-refractivity contribution is 6.31. The van der Waals surface area contributed by atoms with Crippen molar-refractivity contribution in [3.8, 4) is 0 Å². The number of carbonyl (C=O) groups is 1. The largest absolute Gasteiger partial charge is 0.325 e. The Balaban J connectivity index is 1.48. The molecule has 4 aliphatic carbocycles. The molecule has 2 aromatic rings. The van der Waals surface area contributed by atoms with Gasteiger partial charge in [-0.15, -0.1) is 0 Å². The van der Waals surface area contributed by atoms with Crippen LogP contribution in [0.15, 0.2) is 30.9 Å². The van der Waals surface area contributed by atoms with Crippen LogP contribution < -0.4 is 5.32 Å². The van der Waals surface area contributed by atoms with E-state index < -0.39 is 0 Å². The second kappa shape index (κ2) is 5.56. The Hall–Kier alpha value is -1.88. The molecule has 0 unspecified atom stereocenters. The van der Waals surface area contributed by atoms with E-state index in [4.69, 9.17) is 11.6 Å². The van der Waals surface area contributed by atoms with E-state index in [-0.39, 0.29) is 16.9 Å². The lowest BCUT2D eigenvalue weighted by Crippen LogP contribution is -2.60. The van der Waals surface area contributed by atoms with Crippen molar-refractivity contribution in [1.29, 1.82) is 0 Å². The van der Waals surface area contributed by atoms with Crippen molar-refractivity contribution in [2.45, 2.75) is 51.0 Å². The Morgan fingerprint density at radius 3 is 2.73 bits per heavy atom. The van der Waals surface area contributed by atoms with E-state index in [0.717, 1.165) is 43.4 Å². The number of aryl methyl sites for hydroxylation is 1. The number of aromatic nitrogens is 3. The van der Waals surface area contributed by atoms with E-state index in [9.17, 15) is 4.79 Å². The molecule has 4 aliphatic rings. The van der Waals surface area contributed by atoms with Crippen LogP contribution in [0.5, 0.6) is 0 Å². The van der Waals surface area contributed by atoms with Crippen molar-refractivity contribution >= 4 is 23.2 Å². The first-order valence-corrected chi connectivity index (χ1v) is 9.79. The Morgan fingerprint density at radius 2 is 2.04 bits per heavy atom. The van der Waals surface area contributed by atoms with Crippen LogP contribution in [-0.2, 0) is 10.3 Å². The fourth-order valence-corrected chi connectivity index (χ4v) is 6.36. The van der Waals surface area contributed by atoms with Crippen LogP contribution in [0.4, 0.5) is 5.69 Å². The molecule has 5 nitrogen and oxygen atoms in total. The lowest BCUT2D eigenvalue weighted by atomic mass is 9.46. The standard InChI is InChI=1S/C20H23ClN4O/c1-13-2-3-16(21)5-17(13)24-18(26)19-6-14-4-15(7-19)9-20(8-14,10-19)25-12-22-11-23-25/h2-3,5,11-12,14-15H,4,6-10H2,1H3,(H,24,26)/t14-,15-,19?,20?/m0/s1. The SMILES string of the molecule is Cc1ccc(Cl)cc1NC(=O)C12C[C@@H]3C[C@@H](C1)CC(n1cncn1)(C3)C2. The summed E-state index contributed by atoms with van der Waals surface area (Å²) < 4.78 is 2.04. The van der Waals surface area contributed by atoms with Gasteiger partial charge in [0.2, 0.25) is 5.91 Å². The van der Waals surface area contributed by atoms with Crippen LogP contribution in [0.25, 0.3) is 0 Å². The summed E-state index contributed by atoms with van der Waals surface area (Å²) in [7, 11) is 0. The maximum absolute atomic E-state index is 13.4. The fraction of sp³-hybridized carbons (Fsp3) is 0.550. The number of nitrogens with one attached hydrogen (secondary N) is 1. The molecule has 26 heavy (non-hydrogen) atoms. The zero-order valence-corrected chi connectivity index (χ0v) is 15.7. The van der Waals surface area contributed by atoms with Gasteiger partial charge >= 0.3 is 0 Å². The molecule has 0 radical (unpaired) electrons. The Morgan fingerprint density at radius 1 is 1.27 bits per heavy atom. The smallest absolute Gasteiger partial charge is 0.230 e. The minimum atomic E-state index is -0.301. The normalized spacial score (nSPS) is 34.8. The van der Waals surface area contributed by atoms with E-state index in [2.05, 4.69) is 15.4 Å². The minimum Gasteiger partial charge on any atom is -0.325 e. The summed E-state index contributed by atoms with van der Waals surface area (Å²) in [5.74, 6) is 1.36. The molecule has 4 saturated carbocycles. The zero-order valence-electron chi connectivity index (χ0n) is 14.9. The third kappa shape index (κ3) is 2.40. The van der Waals surface area contributed by atoms with Crippen molar-refractivity contribution in [2.75, 3.05) is 5.32 Å². The van der Waals surface area contributed by atoms with Gasteiger partial charge in [-0.3, -0.25) is 4.79 Å². The molecule has 1 aromatic carbocycles. The maximum Gasteiger partial charge on any atom is 0.230 e. The Labute approximate surface area is 158 Å². The quantitative estimate of drug-likeness (QED) is 0.881. The van der Waals surface area contributed by atoms with Crippen molar-refractivity contribution in [3.63, 3.8) is 0 Å². The Bertz CT molecular complexity index is 849. The molecule has 6 heteroatoms. The van der Waals surface area contributed by atoms with E-state index in [0.29, 0.717) is 16.9 Å². The van der Waals surface area contributed by atoms with Crippen LogP contribution in [-0.4, -0.2) is 20.7 Å². The van der Waals surface area contributed by atoms with Crippen molar-refractivity contribution in [3.05, 3.63) is 41.4 Å². The number of halogens is 1. The number of amides is 1. The van der Waals surface area contributed by atoms with Crippen molar-refractivity contribution in [2.24, 2.45) is 17.3 Å². The first kappa shape index (κ1) is 16.3. The van der Waals surface area contributed by atoms with Crippen LogP contribution >= 0.6 is 11.6 Å². The Kier molecular flexibility index (Phi) is 3.48. The van der Waals surface area contributed by atoms with Crippen LogP contribution in [0, 0.1) is 24.2 Å². The average Bonchev–Trinajstić information content (AvgIpc) is 3.12. The van der Waals surface area contributed by atoms with Gasteiger partial charge in [-0.2, -0.15) is 5.10 Å². The lowest BCUT2D eigenvalue weighted by molar-refractivity contribution is -0.150. The first-order chi connectivity index (χ1) is 12.5. The number of carbonyl (C=O) groups excluding carboxylic acids is 1. The predicted octanol–water partition coefficient (Wildman–Crippen LogP) is 4.17. The second-order valence-corrected chi connectivity index (χ2v) is 9.16. The lowest BCUT2D eigenvalue weighted by Gasteiger charge is -2.60. The van der Waals surface area contributed by atoms with Gasteiger partial charge in [0.25, 0.3) is 0 Å². The van der Waals surface area contributed by atoms with Gasteiger partial charge in [0.15, 0.2) is 0 Å². The molecule has 1 aromatic heterocycles. The molecule has 0 saturated heterocycles. The average molecular weight is 371 g/mol. The molecule has 4 fully saturated rings. The molecule has 1 N–H and O–H groups in total. The van der Waals surface area contributed by atoms with Gasteiger partial charge in [-0.05, 0) is 75.0 Å². The summed E-state index contributed by atoms with van der Waals surface area (Å²) in [6.07, 6.45) is 9.79. The highest BCUT2D eigenvalue weighted by Crippen LogP contribution is 2.64. The number of hydrogen-bond donors (Lipinski definition) is 1. The van der Waals surface area contributed by atoms with Gasteiger partial charge < -0.3 is 5.32 Å².